The molecule has 0 aromatic carbocycles. The van der Waals surface area contributed by atoms with Crippen molar-refractivity contribution in [1.29, 1.82) is 0 Å². The van der Waals surface area contributed by atoms with Crippen LogP contribution in [-0.2, 0) is 13.1 Å². The maximum absolute atomic E-state index is 12.8. The lowest BCUT2D eigenvalue weighted by Crippen LogP contribution is -2.30. The molecular weight excluding hydrogens is 429 g/mol. The van der Waals surface area contributed by atoms with Gasteiger partial charge in [0.15, 0.2) is 5.75 Å². The largest absolute Gasteiger partial charge is 0.491 e. The van der Waals surface area contributed by atoms with Crippen LogP contribution in [0, 0.1) is 0 Å². The molecule has 0 saturated carbocycles. The van der Waals surface area contributed by atoms with Gasteiger partial charge in [0.05, 0.1) is 43.4 Å². The molecule has 0 radical (unpaired) electrons. The van der Waals surface area contributed by atoms with Crippen molar-refractivity contribution in [3.8, 4) is 22.9 Å². The Bertz CT molecular complexity index is 1260. The van der Waals surface area contributed by atoms with Gasteiger partial charge in [-0.3, -0.25) is 14.6 Å². The van der Waals surface area contributed by atoms with E-state index in [-0.39, 0.29) is 12.2 Å². The van der Waals surface area contributed by atoms with Crippen molar-refractivity contribution in [2.45, 2.75) is 19.3 Å². The molecule has 166 valence electrons. The SMILES string of the molecule is COc1cc(-c2ccc3c(n2)CN(c2ccc(=O)n(CC(F)(F)F)c2)C3=O)cnc1OC. The Morgan fingerprint density at radius 3 is 2.56 bits per heavy atom. The fourth-order valence-electron chi connectivity index (χ4n) is 3.42. The number of hydrogen-bond donors (Lipinski definition) is 0. The number of amides is 1. The van der Waals surface area contributed by atoms with Crippen LogP contribution in [0.15, 0.2) is 47.5 Å². The molecule has 0 spiro atoms. The number of fused-ring (bicyclic) bond motifs is 1. The summed E-state index contributed by atoms with van der Waals surface area (Å²) in [6, 6.07) is 7.27. The smallest absolute Gasteiger partial charge is 0.406 e. The molecule has 1 amide bonds. The summed E-state index contributed by atoms with van der Waals surface area (Å²) in [5.74, 6) is 0.311. The van der Waals surface area contributed by atoms with Gasteiger partial charge in [0.2, 0.25) is 0 Å². The maximum atomic E-state index is 12.8. The van der Waals surface area contributed by atoms with Gasteiger partial charge in [0, 0.05) is 24.0 Å². The van der Waals surface area contributed by atoms with E-state index in [2.05, 4.69) is 9.97 Å². The van der Waals surface area contributed by atoms with Crippen molar-refractivity contribution in [3.05, 3.63) is 64.3 Å². The molecule has 0 fully saturated rings. The van der Waals surface area contributed by atoms with Crippen molar-refractivity contribution in [3.63, 3.8) is 0 Å². The molecule has 0 N–H and O–H groups in total. The number of hydrogen-bond acceptors (Lipinski definition) is 6. The quantitative estimate of drug-likeness (QED) is 0.599. The summed E-state index contributed by atoms with van der Waals surface area (Å²) >= 11 is 0. The molecule has 0 saturated heterocycles. The second-order valence-corrected chi connectivity index (χ2v) is 6.99. The summed E-state index contributed by atoms with van der Waals surface area (Å²) in [5, 5.41) is 0. The summed E-state index contributed by atoms with van der Waals surface area (Å²) in [5.41, 5.74) is 1.32. The van der Waals surface area contributed by atoms with Crippen molar-refractivity contribution in [2.75, 3.05) is 19.1 Å². The Labute approximate surface area is 179 Å². The van der Waals surface area contributed by atoms with Crippen LogP contribution in [0.4, 0.5) is 18.9 Å². The number of ether oxygens (including phenoxy) is 2. The molecule has 1 aliphatic heterocycles. The number of carbonyl (C=O) groups is 1. The summed E-state index contributed by atoms with van der Waals surface area (Å²) < 4.78 is 49.2. The number of carbonyl (C=O) groups excluding carboxylic acids is 1. The van der Waals surface area contributed by atoms with E-state index in [1.807, 2.05) is 0 Å². The van der Waals surface area contributed by atoms with Gasteiger partial charge in [-0.1, -0.05) is 0 Å². The van der Waals surface area contributed by atoms with E-state index in [0.29, 0.717) is 38.7 Å². The normalized spacial score (nSPS) is 13.3. The highest BCUT2D eigenvalue weighted by Gasteiger charge is 2.32. The third-order valence-corrected chi connectivity index (χ3v) is 4.91. The van der Waals surface area contributed by atoms with Crippen LogP contribution < -0.4 is 19.9 Å². The number of pyridine rings is 3. The molecular formula is C21H17F3N4O4. The molecule has 1 aliphatic rings. The Morgan fingerprint density at radius 1 is 1.09 bits per heavy atom. The van der Waals surface area contributed by atoms with Gasteiger partial charge in [0.1, 0.15) is 6.54 Å². The van der Waals surface area contributed by atoms with Gasteiger partial charge in [-0.25, -0.2) is 4.98 Å². The van der Waals surface area contributed by atoms with Crippen LogP contribution in [0.5, 0.6) is 11.6 Å². The van der Waals surface area contributed by atoms with Gasteiger partial charge in [-0.05, 0) is 24.3 Å². The molecule has 0 unspecified atom stereocenters. The van der Waals surface area contributed by atoms with Crippen molar-refractivity contribution < 1.29 is 27.4 Å². The van der Waals surface area contributed by atoms with Gasteiger partial charge in [-0.15, -0.1) is 0 Å². The van der Waals surface area contributed by atoms with Gasteiger partial charge >= 0.3 is 6.18 Å². The van der Waals surface area contributed by atoms with E-state index >= 15 is 0 Å². The Morgan fingerprint density at radius 2 is 1.88 bits per heavy atom. The van der Waals surface area contributed by atoms with Gasteiger partial charge in [0.25, 0.3) is 17.3 Å². The minimum Gasteiger partial charge on any atom is -0.491 e. The standard InChI is InChI=1S/C21H17F3N4O4/c1-31-17-7-12(8-25-19(17)32-2)15-5-4-14-16(26-15)10-28(20(14)30)13-3-6-18(29)27(9-13)11-21(22,23)24/h3-9H,10-11H2,1-2H3. The highest BCUT2D eigenvalue weighted by Crippen LogP contribution is 2.32. The Hall–Kier alpha value is -3.89. The molecule has 11 heteroatoms. The summed E-state index contributed by atoms with van der Waals surface area (Å²) in [7, 11) is 2.95. The van der Waals surface area contributed by atoms with E-state index < -0.39 is 24.2 Å². The molecule has 0 bridgehead atoms. The topological polar surface area (TPSA) is 86.6 Å². The summed E-state index contributed by atoms with van der Waals surface area (Å²) in [6.45, 7) is -1.39. The van der Waals surface area contributed by atoms with Crippen LogP contribution in [0.3, 0.4) is 0 Å². The summed E-state index contributed by atoms with van der Waals surface area (Å²) in [6.07, 6.45) is -1.99. The maximum Gasteiger partial charge on any atom is 0.406 e. The second-order valence-electron chi connectivity index (χ2n) is 6.99. The predicted molar refractivity (Wildman–Crippen MR) is 108 cm³/mol. The summed E-state index contributed by atoms with van der Waals surface area (Å²) in [4.78, 5) is 34.6. The third kappa shape index (κ3) is 4.01. The molecule has 0 aliphatic carbocycles. The van der Waals surface area contributed by atoms with Crippen molar-refractivity contribution >= 4 is 11.6 Å². The number of methoxy groups -OCH3 is 2. The molecule has 4 rings (SSSR count). The highest BCUT2D eigenvalue weighted by molar-refractivity contribution is 6.09. The number of rotatable bonds is 5. The van der Waals surface area contributed by atoms with Crippen LogP contribution >= 0.6 is 0 Å². The van der Waals surface area contributed by atoms with Crippen molar-refractivity contribution in [2.24, 2.45) is 0 Å². The van der Waals surface area contributed by atoms with E-state index in [0.717, 1.165) is 12.3 Å². The van der Waals surface area contributed by atoms with E-state index in [1.54, 1.807) is 24.4 Å². The fourth-order valence-corrected chi connectivity index (χ4v) is 3.42. The van der Waals surface area contributed by atoms with E-state index in [1.165, 1.54) is 25.2 Å². The number of nitrogens with zero attached hydrogens (tertiary/aromatic N) is 4. The van der Waals surface area contributed by atoms with Crippen LogP contribution in [0.2, 0.25) is 0 Å². The number of anilines is 1. The van der Waals surface area contributed by atoms with Crippen LogP contribution in [0.1, 0.15) is 16.1 Å². The number of aromatic nitrogens is 3. The molecule has 3 aromatic heterocycles. The van der Waals surface area contributed by atoms with Gasteiger partial charge < -0.3 is 18.9 Å². The van der Waals surface area contributed by atoms with Crippen LogP contribution in [0.25, 0.3) is 11.3 Å². The monoisotopic (exact) mass is 446 g/mol. The Balaban J connectivity index is 1.65. The van der Waals surface area contributed by atoms with Crippen LogP contribution in [-0.4, -0.2) is 40.8 Å². The minimum atomic E-state index is -4.57. The van der Waals surface area contributed by atoms with Crippen molar-refractivity contribution in [1.82, 2.24) is 14.5 Å². The average Bonchev–Trinajstić information content (AvgIpc) is 3.09. The second kappa shape index (κ2) is 7.98. The first-order chi connectivity index (χ1) is 15.2. The molecule has 4 heterocycles. The highest BCUT2D eigenvalue weighted by atomic mass is 19.4. The zero-order chi connectivity index (χ0) is 23.0. The Kier molecular flexibility index (Phi) is 5.33. The molecule has 3 aromatic rings. The number of halogens is 3. The fraction of sp³-hybridized carbons (Fsp3) is 0.238. The lowest BCUT2D eigenvalue weighted by Gasteiger charge is -2.17. The average molecular weight is 446 g/mol. The minimum absolute atomic E-state index is 0.0486. The lowest BCUT2D eigenvalue weighted by atomic mass is 10.1. The predicted octanol–water partition coefficient (Wildman–Crippen LogP) is 3.05. The van der Waals surface area contributed by atoms with E-state index in [9.17, 15) is 22.8 Å². The molecule has 0 atom stereocenters. The lowest BCUT2D eigenvalue weighted by molar-refractivity contribution is -0.141. The molecule has 32 heavy (non-hydrogen) atoms. The first-order valence-corrected chi connectivity index (χ1v) is 9.37. The first kappa shape index (κ1) is 21.3. The molecule has 8 nitrogen and oxygen atoms in total. The third-order valence-electron chi connectivity index (χ3n) is 4.91. The first-order valence-electron chi connectivity index (χ1n) is 9.37. The zero-order valence-electron chi connectivity index (χ0n) is 17.0. The van der Waals surface area contributed by atoms with Gasteiger partial charge in [-0.2, -0.15) is 13.2 Å². The van der Waals surface area contributed by atoms with E-state index in [4.69, 9.17) is 9.47 Å². The number of alkyl halides is 3. The zero-order valence-corrected chi connectivity index (χ0v) is 17.0.